The van der Waals surface area contributed by atoms with Crippen molar-refractivity contribution in [3.05, 3.63) is 0 Å². The molecule has 4 atom stereocenters. The zero-order valence-electron chi connectivity index (χ0n) is 12.9. The normalized spacial score (nSPS) is 32.8. The van der Waals surface area contributed by atoms with Crippen molar-refractivity contribution in [1.82, 2.24) is 0 Å². The van der Waals surface area contributed by atoms with Crippen molar-refractivity contribution in [3.63, 3.8) is 0 Å². The number of carbonyl (C=O) groups excluding carboxylic acids is 4. The van der Waals surface area contributed by atoms with Crippen LogP contribution >= 0.6 is 0 Å². The summed E-state index contributed by atoms with van der Waals surface area (Å²) >= 11 is 0. The van der Waals surface area contributed by atoms with Crippen LogP contribution in [0, 0.1) is 11.8 Å². The zero-order valence-corrected chi connectivity index (χ0v) is 12.9. The number of rotatable bonds is 1. The maximum Gasteiger partial charge on any atom is 0.313 e. The summed E-state index contributed by atoms with van der Waals surface area (Å²) in [6, 6.07) is 0. The van der Waals surface area contributed by atoms with E-state index in [1.807, 2.05) is 13.8 Å². The minimum atomic E-state index is -0.393. The van der Waals surface area contributed by atoms with Crippen LogP contribution in [0.25, 0.3) is 0 Å². The fraction of sp³-hybridized carbons (Fsp3) is 0.733. The highest BCUT2D eigenvalue weighted by Crippen LogP contribution is 2.20. The molecule has 6 nitrogen and oxygen atoms in total. The number of ketones is 2. The Morgan fingerprint density at radius 1 is 0.857 bits per heavy atom. The Hall–Kier alpha value is -1.72. The van der Waals surface area contributed by atoms with Crippen molar-refractivity contribution in [3.8, 4) is 0 Å². The Kier molecular flexibility index (Phi) is 6.05. The van der Waals surface area contributed by atoms with E-state index in [-0.39, 0.29) is 54.4 Å². The van der Waals surface area contributed by atoms with E-state index in [0.29, 0.717) is 0 Å². The van der Waals surface area contributed by atoms with Crippen LogP contribution in [0.5, 0.6) is 0 Å². The average molecular weight is 298 g/mol. The molecule has 21 heavy (non-hydrogen) atoms. The minimum absolute atomic E-state index is 0.00750. The maximum absolute atomic E-state index is 11.1. The highest BCUT2D eigenvalue weighted by atomic mass is 16.5. The summed E-state index contributed by atoms with van der Waals surface area (Å²) in [6.07, 6.45) is 0.194. The summed E-state index contributed by atoms with van der Waals surface area (Å²) in [4.78, 5) is 43.3. The molecule has 0 aromatic rings. The molecule has 2 fully saturated rings. The third-order valence-corrected chi connectivity index (χ3v) is 3.92. The fourth-order valence-corrected chi connectivity index (χ4v) is 2.18. The molecule has 0 N–H and O–H groups in total. The second-order valence-corrected chi connectivity index (χ2v) is 5.50. The molecule has 2 aliphatic heterocycles. The predicted molar refractivity (Wildman–Crippen MR) is 73.3 cm³/mol. The molecule has 0 saturated carbocycles. The van der Waals surface area contributed by atoms with Gasteiger partial charge in [0.2, 0.25) is 0 Å². The van der Waals surface area contributed by atoms with Crippen LogP contribution in [0.15, 0.2) is 0 Å². The van der Waals surface area contributed by atoms with Gasteiger partial charge in [-0.2, -0.15) is 0 Å². The number of hydrogen-bond acceptors (Lipinski definition) is 6. The lowest BCUT2D eigenvalue weighted by Crippen LogP contribution is -2.37. The Bertz CT molecular complexity index is 441. The van der Waals surface area contributed by atoms with Crippen LogP contribution in [-0.4, -0.2) is 35.7 Å². The summed E-state index contributed by atoms with van der Waals surface area (Å²) in [6.45, 7) is 7.23. The van der Waals surface area contributed by atoms with Crippen molar-refractivity contribution in [2.24, 2.45) is 11.8 Å². The average Bonchev–Trinajstić information content (AvgIpc) is 2.40. The predicted octanol–water partition coefficient (Wildman–Crippen LogP) is 1.44. The standard InChI is InChI=1S/C8H12O3.C7H10O3/c1-3-7-5(2)6(9)4-8(10)11-7;1-4-5(2)10-7(9)3-6(4)8/h5,7H,3-4H2,1-2H3;4-5H,3H2,1-2H3/t5-,7-;4-,5+/m10/s1. The summed E-state index contributed by atoms with van der Waals surface area (Å²) in [5, 5.41) is 0. The molecular formula is C15H22O6. The molecule has 2 aliphatic rings. The Balaban J connectivity index is 0.000000211. The van der Waals surface area contributed by atoms with Crippen molar-refractivity contribution in [2.45, 2.75) is 59.2 Å². The van der Waals surface area contributed by atoms with Crippen LogP contribution in [0.3, 0.4) is 0 Å². The van der Waals surface area contributed by atoms with Gasteiger partial charge in [0, 0.05) is 0 Å². The lowest BCUT2D eigenvalue weighted by molar-refractivity contribution is -0.163. The van der Waals surface area contributed by atoms with E-state index in [1.165, 1.54) is 0 Å². The molecule has 0 spiro atoms. The summed E-state index contributed by atoms with van der Waals surface area (Å²) < 4.78 is 9.77. The van der Waals surface area contributed by atoms with E-state index in [0.717, 1.165) is 6.42 Å². The van der Waals surface area contributed by atoms with Gasteiger partial charge in [0.05, 0.1) is 11.8 Å². The SMILES string of the molecule is CC[C@H]1OC(=O)CC(=O)[C@H]1C.C[C@@H]1C(=O)CC(=O)O[C@@H]1C. The molecule has 0 unspecified atom stereocenters. The molecule has 2 heterocycles. The van der Waals surface area contributed by atoms with Crippen LogP contribution < -0.4 is 0 Å². The van der Waals surface area contributed by atoms with E-state index >= 15 is 0 Å². The quantitative estimate of drug-likeness (QED) is 0.538. The van der Waals surface area contributed by atoms with Gasteiger partial charge in [0.1, 0.15) is 36.6 Å². The topological polar surface area (TPSA) is 86.7 Å². The molecule has 0 bridgehead atoms. The molecule has 0 radical (unpaired) electrons. The van der Waals surface area contributed by atoms with Gasteiger partial charge in [-0.05, 0) is 13.3 Å². The van der Waals surface area contributed by atoms with Gasteiger partial charge in [-0.3, -0.25) is 19.2 Å². The molecular weight excluding hydrogens is 276 g/mol. The lowest BCUT2D eigenvalue weighted by atomic mass is 9.93. The second-order valence-electron chi connectivity index (χ2n) is 5.50. The third kappa shape index (κ3) is 4.65. The fourth-order valence-electron chi connectivity index (χ4n) is 2.18. The van der Waals surface area contributed by atoms with Gasteiger partial charge < -0.3 is 9.47 Å². The monoisotopic (exact) mass is 298 g/mol. The van der Waals surface area contributed by atoms with Gasteiger partial charge in [-0.25, -0.2) is 0 Å². The van der Waals surface area contributed by atoms with Crippen molar-refractivity contribution < 1.29 is 28.7 Å². The zero-order chi connectivity index (χ0) is 16.2. The van der Waals surface area contributed by atoms with E-state index in [1.54, 1.807) is 13.8 Å². The van der Waals surface area contributed by atoms with E-state index in [4.69, 9.17) is 9.47 Å². The Morgan fingerprint density at radius 3 is 1.81 bits per heavy atom. The highest BCUT2D eigenvalue weighted by Gasteiger charge is 2.32. The number of Topliss-reactive ketones (excluding diaryl/α,β-unsaturated/α-hetero) is 2. The first kappa shape index (κ1) is 17.3. The van der Waals surface area contributed by atoms with Gasteiger partial charge >= 0.3 is 11.9 Å². The Morgan fingerprint density at radius 2 is 1.33 bits per heavy atom. The van der Waals surface area contributed by atoms with E-state index in [9.17, 15) is 19.2 Å². The van der Waals surface area contributed by atoms with Crippen LogP contribution in [0.4, 0.5) is 0 Å². The first-order valence-electron chi connectivity index (χ1n) is 7.20. The van der Waals surface area contributed by atoms with Gasteiger partial charge in [0.15, 0.2) is 0 Å². The molecule has 0 aromatic heterocycles. The first-order valence-corrected chi connectivity index (χ1v) is 7.20. The lowest BCUT2D eigenvalue weighted by Gasteiger charge is -2.26. The molecule has 0 amide bonds. The number of esters is 2. The minimum Gasteiger partial charge on any atom is -0.462 e. The second kappa shape index (κ2) is 7.33. The third-order valence-electron chi connectivity index (χ3n) is 3.92. The first-order chi connectivity index (χ1) is 9.76. The molecule has 0 aromatic carbocycles. The maximum atomic E-state index is 11.1. The van der Waals surface area contributed by atoms with Gasteiger partial charge in [-0.1, -0.05) is 20.8 Å². The van der Waals surface area contributed by atoms with E-state index < -0.39 is 5.97 Å². The number of cyclic esters (lactones) is 2. The van der Waals surface area contributed by atoms with Crippen molar-refractivity contribution in [2.75, 3.05) is 0 Å². The summed E-state index contributed by atoms with van der Waals surface area (Å²) in [7, 11) is 0. The van der Waals surface area contributed by atoms with Crippen molar-refractivity contribution >= 4 is 23.5 Å². The molecule has 2 rings (SSSR count). The molecule has 2 saturated heterocycles. The largest absolute Gasteiger partial charge is 0.462 e. The molecule has 0 aliphatic carbocycles. The number of carbonyl (C=O) groups is 4. The van der Waals surface area contributed by atoms with Crippen LogP contribution in [0.1, 0.15) is 47.0 Å². The summed E-state index contributed by atoms with van der Waals surface area (Å²) in [5.41, 5.74) is 0. The van der Waals surface area contributed by atoms with Crippen LogP contribution in [-0.2, 0) is 28.7 Å². The van der Waals surface area contributed by atoms with Gasteiger partial charge in [0.25, 0.3) is 0 Å². The Labute approximate surface area is 124 Å². The molecule has 6 heteroatoms. The van der Waals surface area contributed by atoms with Gasteiger partial charge in [-0.15, -0.1) is 0 Å². The molecule has 118 valence electrons. The smallest absolute Gasteiger partial charge is 0.313 e. The highest BCUT2D eigenvalue weighted by molar-refractivity contribution is 5.99. The van der Waals surface area contributed by atoms with Crippen molar-refractivity contribution in [1.29, 1.82) is 0 Å². The van der Waals surface area contributed by atoms with E-state index in [2.05, 4.69) is 0 Å². The number of ether oxygens (including phenoxy) is 2. The number of hydrogen-bond donors (Lipinski definition) is 0. The summed E-state index contributed by atoms with van der Waals surface area (Å²) in [5.74, 6) is -1.01. The van der Waals surface area contributed by atoms with Crippen LogP contribution in [0.2, 0.25) is 0 Å².